The first-order valence-electron chi connectivity index (χ1n) is 9.77. The summed E-state index contributed by atoms with van der Waals surface area (Å²) in [5, 5.41) is 11.6. The Labute approximate surface area is 167 Å². The van der Waals surface area contributed by atoms with E-state index in [0.29, 0.717) is 17.9 Å². The highest BCUT2D eigenvalue weighted by atomic mass is 16.5. The maximum absolute atomic E-state index is 11.6. The van der Waals surface area contributed by atoms with E-state index in [1.54, 1.807) is 14.0 Å². The Morgan fingerprint density at radius 1 is 0.857 bits per heavy atom. The molecule has 0 spiro atoms. The van der Waals surface area contributed by atoms with Crippen molar-refractivity contribution in [2.75, 3.05) is 13.7 Å². The molecule has 0 fully saturated rings. The molecule has 3 heteroatoms. The van der Waals surface area contributed by atoms with E-state index in [9.17, 15) is 5.11 Å². The van der Waals surface area contributed by atoms with Crippen molar-refractivity contribution in [2.24, 2.45) is 0 Å². The van der Waals surface area contributed by atoms with Crippen molar-refractivity contribution in [3.8, 4) is 22.6 Å². The van der Waals surface area contributed by atoms with Crippen LogP contribution in [-0.4, -0.2) is 18.8 Å². The third kappa shape index (κ3) is 4.05. The highest BCUT2D eigenvalue weighted by Gasteiger charge is 2.33. The van der Waals surface area contributed by atoms with Crippen LogP contribution in [0.25, 0.3) is 11.1 Å². The van der Waals surface area contributed by atoms with Gasteiger partial charge in [0.2, 0.25) is 0 Å². The number of benzene rings is 3. The second-order valence-electron chi connectivity index (χ2n) is 7.02. The number of para-hydroxylation sites is 2. The van der Waals surface area contributed by atoms with Gasteiger partial charge in [-0.3, -0.25) is 0 Å². The van der Waals surface area contributed by atoms with Crippen LogP contribution in [0.2, 0.25) is 0 Å². The van der Waals surface area contributed by atoms with Crippen LogP contribution >= 0.6 is 0 Å². The summed E-state index contributed by atoms with van der Waals surface area (Å²) in [5.41, 5.74) is 2.22. The van der Waals surface area contributed by atoms with Crippen molar-refractivity contribution in [1.82, 2.24) is 0 Å². The van der Waals surface area contributed by atoms with Gasteiger partial charge in [0.1, 0.15) is 17.1 Å². The summed E-state index contributed by atoms with van der Waals surface area (Å²) in [7, 11) is 1.62. The fourth-order valence-electron chi connectivity index (χ4n) is 3.43. The smallest absolute Gasteiger partial charge is 0.133 e. The summed E-state index contributed by atoms with van der Waals surface area (Å²) in [4.78, 5) is 0. The van der Waals surface area contributed by atoms with E-state index in [-0.39, 0.29) is 0 Å². The summed E-state index contributed by atoms with van der Waals surface area (Å²) in [6.07, 6.45) is 2.01. The number of aliphatic hydroxyl groups is 1. The number of methoxy groups -OCH3 is 1. The molecule has 3 rings (SSSR count). The van der Waals surface area contributed by atoms with Crippen molar-refractivity contribution in [3.63, 3.8) is 0 Å². The lowest BCUT2D eigenvalue weighted by Crippen LogP contribution is -2.25. The normalized spacial score (nSPS) is 13.0. The van der Waals surface area contributed by atoms with Crippen molar-refractivity contribution >= 4 is 0 Å². The molecule has 0 aliphatic heterocycles. The predicted molar refractivity (Wildman–Crippen MR) is 114 cm³/mol. The molecular weight excluding hydrogens is 348 g/mol. The monoisotopic (exact) mass is 376 g/mol. The van der Waals surface area contributed by atoms with Gasteiger partial charge >= 0.3 is 0 Å². The minimum absolute atomic E-state index is 0.606. The summed E-state index contributed by atoms with van der Waals surface area (Å²) < 4.78 is 11.7. The summed E-state index contributed by atoms with van der Waals surface area (Å²) >= 11 is 0. The first-order valence-corrected chi connectivity index (χ1v) is 9.77. The van der Waals surface area contributed by atoms with E-state index >= 15 is 0 Å². The van der Waals surface area contributed by atoms with Crippen molar-refractivity contribution in [3.05, 3.63) is 83.9 Å². The van der Waals surface area contributed by atoms with Gasteiger partial charge in [0.25, 0.3) is 0 Å². The highest BCUT2D eigenvalue weighted by molar-refractivity contribution is 5.73. The van der Waals surface area contributed by atoms with Gasteiger partial charge in [0, 0.05) is 16.7 Å². The zero-order valence-corrected chi connectivity index (χ0v) is 16.8. The molecule has 0 heterocycles. The molecule has 146 valence electrons. The van der Waals surface area contributed by atoms with Crippen molar-refractivity contribution in [1.29, 1.82) is 0 Å². The Kier molecular flexibility index (Phi) is 6.37. The predicted octanol–water partition coefficient (Wildman–Crippen LogP) is 5.80. The fraction of sp³-hybridized carbons (Fsp3) is 0.280. The molecule has 0 aliphatic rings. The quantitative estimate of drug-likeness (QED) is 0.505. The Balaban J connectivity index is 2.16. The molecule has 1 atom stereocenters. The molecule has 0 saturated heterocycles. The average Bonchev–Trinajstić information content (AvgIpc) is 2.74. The van der Waals surface area contributed by atoms with Gasteiger partial charge in [0.15, 0.2) is 0 Å². The molecule has 1 N–H and O–H groups in total. The Hall–Kier alpha value is -2.78. The standard InChI is InChI=1S/C25H28O3/c1-4-5-18-28-24-20(19-12-7-6-8-13-19)14-11-16-22(24)25(2,26)21-15-9-10-17-23(21)27-3/h6-17,26H,4-5,18H2,1-3H3. The van der Waals surface area contributed by atoms with Crippen LogP contribution in [0.15, 0.2) is 72.8 Å². The van der Waals surface area contributed by atoms with Crippen LogP contribution in [0.3, 0.4) is 0 Å². The van der Waals surface area contributed by atoms with Crippen LogP contribution in [0.5, 0.6) is 11.5 Å². The number of rotatable bonds is 8. The van der Waals surface area contributed by atoms with E-state index in [0.717, 1.165) is 35.3 Å². The minimum Gasteiger partial charge on any atom is -0.496 e. The lowest BCUT2D eigenvalue weighted by Gasteiger charge is -2.29. The van der Waals surface area contributed by atoms with E-state index in [1.807, 2.05) is 60.7 Å². The Morgan fingerprint density at radius 2 is 1.54 bits per heavy atom. The SMILES string of the molecule is CCCCOc1c(-c2ccccc2)cccc1C(C)(O)c1ccccc1OC. The van der Waals surface area contributed by atoms with Gasteiger partial charge in [-0.25, -0.2) is 0 Å². The second kappa shape index (κ2) is 8.94. The number of hydrogen-bond donors (Lipinski definition) is 1. The van der Waals surface area contributed by atoms with Crippen LogP contribution in [-0.2, 0) is 5.60 Å². The molecular formula is C25H28O3. The van der Waals surface area contributed by atoms with Gasteiger partial charge in [-0.2, -0.15) is 0 Å². The minimum atomic E-state index is -1.26. The Morgan fingerprint density at radius 3 is 2.25 bits per heavy atom. The number of ether oxygens (including phenoxy) is 2. The molecule has 1 unspecified atom stereocenters. The van der Waals surface area contributed by atoms with Crippen LogP contribution in [0.4, 0.5) is 0 Å². The number of hydrogen-bond acceptors (Lipinski definition) is 3. The lowest BCUT2D eigenvalue weighted by atomic mass is 9.85. The van der Waals surface area contributed by atoms with E-state index < -0.39 is 5.60 Å². The Bertz CT molecular complexity index is 901. The van der Waals surface area contributed by atoms with Crippen LogP contribution in [0.1, 0.15) is 37.8 Å². The molecule has 0 aliphatic carbocycles. The van der Waals surface area contributed by atoms with Gasteiger partial charge in [-0.1, -0.05) is 80.1 Å². The first kappa shape index (κ1) is 20.0. The van der Waals surface area contributed by atoms with Gasteiger partial charge in [-0.15, -0.1) is 0 Å². The average molecular weight is 376 g/mol. The zero-order chi connectivity index (χ0) is 20.0. The van der Waals surface area contributed by atoms with E-state index in [2.05, 4.69) is 19.1 Å². The third-order valence-corrected chi connectivity index (χ3v) is 5.00. The molecule has 0 radical (unpaired) electrons. The van der Waals surface area contributed by atoms with E-state index in [1.165, 1.54) is 0 Å². The highest BCUT2D eigenvalue weighted by Crippen LogP contribution is 2.43. The molecule has 3 nitrogen and oxygen atoms in total. The molecule has 28 heavy (non-hydrogen) atoms. The first-order chi connectivity index (χ1) is 13.6. The van der Waals surface area contributed by atoms with E-state index in [4.69, 9.17) is 9.47 Å². The van der Waals surface area contributed by atoms with Gasteiger partial charge < -0.3 is 14.6 Å². The van der Waals surface area contributed by atoms with Crippen LogP contribution in [0, 0.1) is 0 Å². The third-order valence-electron chi connectivity index (χ3n) is 5.00. The van der Waals surface area contributed by atoms with Gasteiger partial charge in [-0.05, 0) is 25.0 Å². The lowest BCUT2D eigenvalue weighted by molar-refractivity contribution is 0.0947. The zero-order valence-electron chi connectivity index (χ0n) is 16.8. The van der Waals surface area contributed by atoms with Crippen LogP contribution < -0.4 is 9.47 Å². The second-order valence-corrected chi connectivity index (χ2v) is 7.02. The molecule has 0 aromatic heterocycles. The topological polar surface area (TPSA) is 38.7 Å². The summed E-state index contributed by atoms with van der Waals surface area (Å²) in [6.45, 7) is 4.54. The maximum Gasteiger partial charge on any atom is 0.133 e. The summed E-state index contributed by atoms with van der Waals surface area (Å²) in [6, 6.07) is 23.6. The fourth-order valence-corrected chi connectivity index (χ4v) is 3.43. The molecule has 0 amide bonds. The molecule has 3 aromatic carbocycles. The largest absolute Gasteiger partial charge is 0.496 e. The number of unbranched alkanes of at least 4 members (excludes halogenated alkanes) is 1. The van der Waals surface area contributed by atoms with Crippen molar-refractivity contribution in [2.45, 2.75) is 32.3 Å². The van der Waals surface area contributed by atoms with Crippen molar-refractivity contribution < 1.29 is 14.6 Å². The van der Waals surface area contributed by atoms with Gasteiger partial charge in [0.05, 0.1) is 13.7 Å². The molecule has 0 saturated carbocycles. The molecule has 3 aromatic rings. The summed E-state index contributed by atoms with van der Waals surface area (Å²) in [5.74, 6) is 1.37. The molecule has 0 bridgehead atoms. The maximum atomic E-state index is 11.6.